The molecule has 1 amide bonds. The molecule has 1 N–H and O–H groups in total. The fourth-order valence-electron chi connectivity index (χ4n) is 4.00. The Labute approximate surface area is 134 Å². The number of nitrogens with one attached hydrogen (secondary N) is 1. The molecule has 3 atom stereocenters. The lowest BCUT2D eigenvalue weighted by Crippen LogP contribution is -2.20. The van der Waals surface area contributed by atoms with Crippen LogP contribution >= 0.6 is 11.3 Å². The van der Waals surface area contributed by atoms with Gasteiger partial charge in [0.05, 0.1) is 5.69 Å². The first-order valence-corrected chi connectivity index (χ1v) is 8.82. The average Bonchev–Trinajstić information content (AvgIpc) is 3.24. The van der Waals surface area contributed by atoms with Crippen molar-refractivity contribution in [2.45, 2.75) is 32.1 Å². The van der Waals surface area contributed by atoms with E-state index >= 15 is 0 Å². The first kappa shape index (κ1) is 13.9. The molecule has 0 radical (unpaired) electrons. The van der Waals surface area contributed by atoms with Crippen LogP contribution in [0.1, 0.15) is 32.1 Å². The fraction of sp³-hybridized carbons (Fsp3) is 0.471. The molecular formula is C17H19N3OS. The molecular weight excluding hydrogens is 294 g/mol. The molecule has 0 unspecified atom stereocenters. The Kier molecular flexibility index (Phi) is 3.66. The Bertz CT molecular complexity index is 670. The molecule has 0 aliphatic heterocycles. The van der Waals surface area contributed by atoms with E-state index in [4.69, 9.17) is 0 Å². The van der Waals surface area contributed by atoms with E-state index < -0.39 is 0 Å². The molecule has 5 heteroatoms. The van der Waals surface area contributed by atoms with Crippen molar-refractivity contribution in [2.75, 3.05) is 5.32 Å². The predicted octanol–water partition coefficient (Wildman–Crippen LogP) is 3.97. The van der Waals surface area contributed by atoms with E-state index in [2.05, 4.69) is 15.3 Å². The van der Waals surface area contributed by atoms with Gasteiger partial charge in [-0.15, -0.1) is 11.3 Å². The van der Waals surface area contributed by atoms with Gasteiger partial charge in [-0.3, -0.25) is 9.78 Å². The summed E-state index contributed by atoms with van der Waals surface area (Å²) in [5.74, 6) is 2.38. The second-order valence-electron chi connectivity index (χ2n) is 6.44. The minimum Gasteiger partial charge on any atom is -0.302 e. The molecule has 2 aliphatic rings. The molecule has 2 heterocycles. The third-order valence-electron chi connectivity index (χ3n) is 5.01. The maximum absolute atomic E-state index is 12.2. The van der Waals surface area contributed by atoms with Crippen LogP contribution in [0.25, 0.3) is 11.4 Å². The summed E-state index contributed by atoms with van der Waals surface area (Å²) in [5.41, 5.74) is 1.66. The van der Waals surface area contributed by atoms with E-state index in [1.165, 1.54) is 37.0 Å². The van der Waals surface area contributed by atoms with Crippen molar-refractivity contribution >= 4 is 22.4 Å². The Morgan fingerprint density at radius 3 is 2.95 bits per heavy atom. The molecule has 22 heavy (non-hydrogen) atoms. The zero-order valence-electron chi connectivity index (χ0n) is 12.4. The standard InChI is InChI=1S/C17H19N3OS/c21-16(9-13-8-11-4-5-12(13)7-11)20-17-19-15(10-22-17)14-3-1-2-6-18-14/h1-3,6,10-13H,4-5,7-9H2,(H,19,20,21)/t11-,12+,13+/m1/s1. The molecule has 0 saturated heterocycles. The first-order valence-electron chi connectivity index (χ1n) is 7.94. The molecule has 2 bridgehead atoms. The largest absolute Gasteiger partial charge is 0.302 e. The summed E-state index contributed by atoms with van der Waals surface area (Å²) in [6.45, 7) is 0. The van der Waals surface area contributed by atoms with Gasteiger partial charge in [-0.1, -0.05) is 12.5 Å². The maximum Gasteiger partial charge on any atom is 0.226 e. The van der Waals surface area contributed by atoms with Gasteiger partial charge < -0.3 is 5.32 Å². The second-order valence-corrected chi connectivity index (χ2v) is 7.30. The van der Waals surface area contributed by atoms with Crippen LogP contribution in [0.5, 0.6) is 0 Å². The molecule has 0 aromatic carbocycles. The molecule has 2 saturated carbocycles. The molecule has 114 valence electrons. The van der Waals surface area contributed by atoms with Gasteiger partial charge in [0.15, 0.2) is 5.13 Å². The molecule has 0 spiro atoms. The van der Waals surface area contributed by atoms with Gasteiger partial charge in [0, 0.05) is 18.0 Å². The van der Waals surface area contributed by atoms with E-state index in [0.29, 0.717) is 17.5 Å². The van der Waals surface area contributed by atoms with Gasteiger partial charge in [-0.25, -0.2) is 4.98 Å². The van der Waals surface area contributed by atoms with Gasteiger partial charge >= 0.3 is 0 Å². The highest BCUT2D eigenvalue weighted by atomic mass is 32.1. The molecule has 2 aliphatic carbocycles. The van der Waals surface area contributed by atoms with Crippen LogP contribution in [-0.2, 0) is 4.79 Å². The number of hydrogen-bond acceptors (Lipinski definition) is 4. The number of carbonyl (C=O) groups excluding carboxylic acids is 1. The van der Waals surface area contributed by atoms with Gasteiger partial charge in [0.1, 0.15) is 5.69 Å². The Morgan fingerprint density at radius 1 is 1.27 bits per heavy atom. The van der Waals surface area contributed by atoms with E-state index in [9.17, 15) is 4.79 Å². The smallest absolute Gasteiger partial charge is 0.226 e. The minimum absolute atomic E-state index is 0.111. The predicted molar refractivity (Wildman–Crippen MR) is 87.5 cm³/mol. The third kappa shape index (κ3) is 2.77. The highest BCUT2D eigenvalue weighted by molar-refractivity contribution is 7.14. The SMILES string of the molecule is O=C(C[C@@H]1C[C@@H]2CC[C@H]1C2)Nc1nc(-c2ccccn2)cs1. The summed E-state index contributed by atoms with van der Waals surface area (Å²) in [6.07, 6.45) is 7.70. The molecule has 2 fully saturated rings. The summed E-state index contributed by atoms with van der Waals surface area (Å²) in [5, 5.41) is 5.57. The van der Waals surface area contributed by atoms with Crippen molar-refractivity contribution < 1.29 is 4.79 Å². The average molecular weight is 313 g/mol. The van der Waals surface area contributed by atoms with E-state index in [1.807, 2.05) is 23.6 Å². The number of thiazole rings is 1. The van der Waals surface area contributed by atoms with Crippen molar-refractivity contribution in [3.8, 4) is 11.4 Å². The Hall–Kier alpha value is -1.75. The summed E-state index contributed by atoms with van der Waals surface area (Å²) < 4.78 is 0. The monoisotopic (exact) mass is 313 g/mol. The number of fused-ring (bicyclic) bond motifs is 2. The third-order valence-corrected chi connectivity index (χ3v) is 5.77. The summed E-state index contributed by atoms with van der Waals surface area (Å²) >= 11 is 1.46. The lowest BCUT2D eigenvalue weighted by molar-refractivity contribution is -0.117. The Balaban J connectivity index is 1.37. The van der Waals surface area contributed by atoms with Crippen molar-refractivity contribution in [3.63, 3.8) is 0 Å². The highest BCUT2D eigenvalue weighted by Crippen LogP contribution is 2.49. The topological polar surface area (TPSA) is 54.9 Å². The van der Waals surface area contributed by atoms with Crippen LogP contribution in [0, 0.1) is 17.8 Å². The number of rotatable bonds is 4. The highest BCUT2D eigenvalue weighted by Gasteiger charge is 2.40. The molecule has 4 nitrogen and oxygen atoms in total. The van der Waals surface area contributed by atoms with Crippen molar-refractivity contribution in [1.82, 2.24) is 9.97 Å². The first-order chi connectivity index (χ1) is 10.8. The van der Waals surface area contributed by atoms with Gasteiger partial charge in [-0.05, 0) is 49.1 Å². The maximum atomic E-state index is 12.2. The van der Waals surface area contributed by atoms with Crippen LogP contribution in [-0.4, -0.2) is 15.9 Å². The number of anilines is 1. The molecule has 2 aromatic heterocycles. The lowest BCUT2D eigenvalue weighted by Gasteiger charge is -2.20. The lowest BCUT2D eigenvalue weighted by atomic mass is 9.86. The number of pyridine rings is 1. The molecule has 2 aromatic rings. The number of aromatic nitrogens is 2. The van der Waals surface area contributed by atoms with Crippen LogP contribution in [0.3, 0.4) is 0 Å². The summed E-state index contributed by atoms with van der Waals surface area (Å²) in [6, 6.07) is 5.75. The zero-order chi connectivity index (χ0) is 14.9. The van der Waals surface area contributed by atoms with Crippen LogP contribution in [0.4, 0.5) is 5.13 Å². The van der Waals surface area contributed by atoms with Crippen LogP contribution < -0.4 is 5.32 Å². The van der Waals surface area contributed by atoms with Crippen molar-refractivity contribution in [1.29, 1.82) is 0 Å². The second kappa shape index (κ2) is 5.80. The van der Waals surface area contributed by atoms with E-state index in [1.54, 1.807) is 6.20 Å². The number of amides is 1. The fourth-order valence-corrected chi connectivity index (χ4v) is 4.72. The van der Waals surface area contributed by atoms with E-state index in [-0.39, 0.29) is 5.91 Å². The van der Waals surface area contributed by atoms with Gasteiger partial charge in [0.25, 0.3) is 0 Å². The number of nitrogens with zero attached hydrogens (tertiary/aromatic N) is 2. The van der Waals surface area contributed by atoms with Gasteiger partial charge in [-0.2, -0.15) is 0 Å². The van der Waals surface area contributed by atoms with Crippen molar-refractivity contribution in [2.24, 2.45) is 17.8 Å². The van der Waals surface area contributed by atoms with E-state index in [0.717, 1.165) is 23.2 Å². The zero-order valence-corrected chi connectivity index (χ0v) is 13.2. The van der Waals surface area contributed by atoms with Crippen LogP contribution in [0.2, 0.25) is 0 Å². The van der Waals surface area contributed by atoms with Crippen LogP contribution in [0.15, 0.2) is 29.8 Å². The Morgan fingerprint density at radius 2 is 2.23 bits per heavy atom. The minimum atomic E-state index is 0.111. The number of carbonyl (C=O) groups is 1. The quantitative estimate of drug-likeness (QED) is 0.929. The van der Waals surface area contributed by atoms with Gasteiger partial charge in [0.2, 0.25) is 5.91 Å². The molecule has 4 rings (SSSR count). The number of hydrogen-bond donors (Lipinski definition) is 1. The normalized spacial score (nSPS) is 26.3. The summed E-state index contributed by atoms with van der Waals surface area (Å²) in [4.78, 5) is 21.0. The summed E-state index contributed by atoms with van der Waals surface area (Å²) in [7, 11) is 0. The van der Waals surface area contributed by atoms with Crippen molar-refractivity contribution in [3.05, 3.63) is 29.8 Å².